The van der Waals surface area contributed by atoms with E-state index in [1.807, 2.05) is 36.2 Å². The van der Waals surface area contributed by atoms with E-state index in [-0.39, 0.29) is 11.3 Å². The minimum atomic E-state index is -0.505. The van der Waals surface area contributed by atoms with E-state index >= 15 is 0 Å². The first-order chi connectivity index (χ1) is 12.0. The number of nitrogens with zero attached hydrogens (tertiary/aromatic N) is 3. The molecule has 25 heavy (non-hydrogen) atoms. The number of aromatic nitrogens is 2. The number of piperidine rings is 1. The van der Waals surface area contributed by atoms with Crippen LogP contribution in [0.25, 0.3) is 10.9 Å². The molecule has 5 nitrogen and oxygen atoms in total. The summed E-state index contributed by atoms with van der Waals surface area (Å²) in [6.07, 6.45) is 5.71. The maximum atomic E-state index is 13.0. The van der Waals surface area contributed by atoms with Crippen molar-refractivity contribution in [3.8, 4) is 0 Å². The van der Waals surface area contributed by atoms with E-state index in [4.69, 9.17) is 0 Å². The Labute approximate surface area is 148 Å². The standard InChI is InChI=1S/C20H27N3O2/c1-3-8-20(25)10-9-19(20)11-13-23(14-12-19)18(24)17-15-6-4-5-7-16(15)22(2)21-17/h4-7,25H,3,8-14H2,1-2H3. The molecule has 5 heteroatoms. The number of hydrogen-bond acceptors (Lipinski definition) is 3. The highest BCUT2D eigenvalue weighted by atomic mass is 16.3. The summed E-state index contributed by atoms with van der Waals surface area (Å²) in [6.45, 7) is 3.57. The van der Waals surface area contributed by atoms with E-state index < -0.39 is 5.60 Å². The van der Waals surface area contributed by atoms with Gasteiger partial charge < -0.3 is 10.0 Å². The van der Waals surface area contributed by atoms with Crippen LogP contribution in [0.15, 0.2) is 24.3 Å². The SMILES string of the molecule is CCCC1(O)CCC12CCN(C(=O)c1nn(C)c3ccccc13)CC2. The number of aliphatic hydroxyl groups is 1. The molecule has 1 aliphatic carbocycles. The molecule has 2 aliphatic rings. The summed E-state index contributed by atoms with van der Waals surface area (Å²) in [5.41, 5.74) is 1.06. The van der Waals surface area contributed by atoms with Crippen molar-refractivity contribution in [2.45, 2.75) is 51.0 Å². The number of likely N-dealkylation sites (tertiary alicyclic amines) is 1. The van der Waals surface area contributed by atoms with Crippen LogP contribution in [0, 0.1) is 5.41 Å². The Hall–Kier alpha value is -1.88. The fourth-order valence-corrected chi connectivity index (χ4v) is 4.95. The molecule has 0 radical (unpaired) electrons. The third-order valence-corrected chi connectivity index (χ3v) is 6.64. The summed E-state index contributed by atoms with van der Waals surface area (Å²) in [7, 11) is 1.88. The third kappa shape index (κ3) is 2.40. The first-order valence-corrected chi connectivity index (χ1v) is 9.43. The van der Waals surface area contributed by atoms with Crippen LogP contribution in [-0.2, 0) is 7.05 Å². The minimum absolute atomic E-state index is 0.0185. The fourth-order valence-electron chi connectivity index (χ4n) is 4.95. The van der Waals surface area contributed by atoms with Gasteiger partial charge in [-0.15, -0.1) is 0 Å². The summed E-state index contributed by atoms with van der Waals surface area (Å²) < 4.78 is 1.78. The molecule has 1 atom stereocenters. The summed E-state index contributed by atoms with van der Waals surface area (Å²) in [4.78, 5) is 14.9. The van der Waals surface area contributed by atoms with Gasteiger partial charge in [-0.05, 0) is 38.2 Å². The van der Waals surface area contributed by atoms with Crippen LogP contribution in [0.5, 0.6) is 0 Å². The first kappa shape index (κ1) is 16.6. The zero-order valence-electron chi connectivity index (χ0n) is 15.2. The summed E-state index contributed by atoms with van der Waals surface area (Å²) in [5.74, 6) is 0.0185. The fraction of sp³-hybridized carbons (Fsp3) is 0.600. The maximum Gasteiger partial charge on any atom is 0.275 e. The van der Waals surface area contributed by atoms with Crippen molar-refractivity contribution in [1.29, 1.82) is 0 Å². The number of benzene rings is 1. The second kappa shape index (κ2) is 5.84. The first-order valence-electron chi connectivity index (χ1n) is 9.43. The topological polar surface area (TPSA) is 58.4 Å². The number of fused-ring (bicyclic) bond motifs is 1. The van der Waals surface area contributed by atoms with Crippen molar-refractivity contribution < 1.29 is 9.90 Å². The zero-order valence-corrected chi connectivity index (χ0v) is 15.2. The van der Waals surface area contributed by atoms with Gasteiger partial charge in [0.2, 0.25) is 0 Å². The molecular weight excluding hydrogens is 314 g/mol. The van der Waals surface area contributed by atoms with Crippen molar-refractivity contribution in [1.82, 2.24) is 14.7 Å². The Bertz CT molecular complexity index is 804. The molecule has 1 aromatic carbocycles. The monoisotopic (exact) mass is 341 g/mol. The van der Waals surface area contributed by atoms with Crippen molar-refractivity contribution >= 4 is 16.8 Å². The van der Waals surface area contributed by atoms with E-state index in [1.165, 1.54) is 0 Å². The molecule has 2 aromatic rings. The van der Waals surface area contributed by atoms with E-state index in [1.54, 1.807) is 4.68 Å². The molecular formula is C20H27N3O2. The summed E-state index contributed by atoms with van der Waals surface area (Å²) >= 11 is 0. The van der Waals surface area contributed by atoms with E-state index in [0.717, 1.165) is 62.5 Å². The van der Waals surface area contributed by atoms with Gasteiger partial charge in [0.1, 0.15) is 0 Å². The number of hydrogen-bond donors (Lipinski definition) is 1. The predicted octanol–water partition coefficient (Wildman–Crippen LogP) is 3.12. The normalized spacial score (nSPS) is 25.3. The third-order valence-electron chi connectivity index (χ3n) is 6.64. The van der Waals surface area contributed by atoms with Gasteiger partial charge in [0.05, 0.1) is 11.1 Å². The molecule has 1 amide bonds. The lowest BCUT2D eigenvalue weighted by Gasteiger charge is -2.59. The van der Waals surface area contributed by atoms with Crippen molar-refractivity contribution in [2.75, 3.05) is 13.1 Å². The van der Waals surface area contributed by atoms with E-state index in [0.29, 0.717) is 5.69 Å². The van der Waals surface area contributed by atoms with Gasteiger partial charge >= 0.3 is 0 Å². The van der Waals surface area contributed by atoms with Gasteiger partial charge in [-0.25, -0.2) is 0 Å². The van der Waals surface area contributed by atoms with Crippen LogP contribution in [0.4, 0.5) is 0 Å². The van der Waals surface area contributed by atoms with Gasteiger partial charge in [-0.3, -0.25) is 9.48 Å². The van der Waals surface area contributed by atoms with Crippen molar-refractivity contribution in [3.05, 3.63) is 30.0 Å². The average molecular weight is 341 g/mol. The van der Waals surface area contributed by atoms with Gasteiger partial charge in [0.15, 0.2) is 5.69 Å². The maximum absolute atomic E-state index is 13.0. The Morgan fingerprint density at radius 1 is 1.20 bits per heavy atom. The highest BCUT2D eigenvalue weighted by molar-refractivity contribution is 6.04. The molecule has 1 saturated heterocycles. The van der Waals surface area contributed by atoms with Gasteiger partial charge in [-0.2, -0.15) is 5.10 Å². The van der Waals surface area contributed by atoms with Gasteiger partial charge in [0, 0.05) is 30.9 Å². The summed E-state index contributed by atoms with van der Waals surface area (Å²) in [5, 5.41) is 16.3. The second-order valence-corrected chi connectivity index (χ2v) is 7.84. The largest absolute Gasteiger partial charge is 0.389 e. The highest BCUT2D eigenvalue weighted by Crippen LogP contribution is 2.58. The molecule has 4 rings (SSSR count). The Balaban J connectivity index is 1.52. The van der Waals surface area contributed by atoms with Crippen LogP contribution >= 0.6 is 0 Å². The molecule has 2 heterocycles. The molecule has 1 spiro atoms. The number of para-hydroxylation sites is 1. The van der Waals surface area contributed by atoms with Gasteiger partial charge in [0.25, 0.3) is 5.91 Å². The molecule has 1 N–H and O–H groups in total. The lowest BCUT2D eigenvalue weighted by atomic mass is 9.51. The molecule has 134 valence electrons. The Morgan fingerprint density at radius 3 is 2.56 bits per heavy atom. The van der Waals surface area contributed by atoms with Crippen LogP contribution in [0.2, 0.25) is 0 Å². The molecule has 1 aliphatic heterocycles. The van der Waals surface area contributed by atoms with Crippen LogP contribution in [0.3, 0.4) is 0 Å². The minimum Gasteiger partial charge on any atom is -0.389 e. The number of rotatable bonds is 3. The highest BCUT2D eigenvalue weighted by Gasteiger charge is 2.58. The summed E-state index contributed by atoms with van der Waals surface area (Å²) in [6, 6.07) is 7.87. The number of carbonyl (C=O) groups excluding carboxylic acids is 1. The molecule has 2 fully saturated rings. The Morgan fingerprint density at radius 2 is 1.92 bits per heavy atom. The van der Waals surface area contributed by atoms with Crippen molar-refractivity contribution in [3.63, 3.8) is 0 Å². The van der Waals surface area contributed by atoms with Crippen LogP contribution < -0.4 is 0 Å². The lowest BCUT2D eigenvalue weighted by molar-refractivity contribution is -0.191. The van der Waals surface area contributed by atoms with Crippen LogP contribution in [0.1, 0.15) is 55.9 Å². The smallest absolute Gasteiger partial charge is 0.275 e. The second-order valence-electron chi connectivity index (χ2n) is 7.84. The van der Waals surface area contributed by atoms with Crippen LogP contribution in [-0.4, -0.2) is 44.4 Å². The van der Waals surface area contributed by atoms with Crippen molar-refractivity contribution in [2.24, 2.45) is 12.5 Å². The number of amides is 1. The predicted molar refractivity (Wildman–Crippen MR) is 97.4 cm³/mol. The zero-order chi connectivity index (χ0) is 17.7. The average Bonchev–Trinajstić information content (AvgIpc) is 2.98. The Kier molecular flexibility index (Phi) is 3.87. The molecule has 0 bridgehead atoms. The number of carbonyl (C=O) groups is 1. The lowest BCUT2D eigenvalue weighted by Crippen LogP contribution is -2.61. The van der Waals surface area contributed by atoms with E-state index in [9.17, 15) is 9.90 Å². The molecule has 1 aromatic heterocycles. The molecule has 1 unspecified atom stereocenters. The quantitative estimate of drug-likeness (QED) is 0.933. The molecule has 1 saturated carbocycles. The number of aryl methyl sites for hydroxylation is 1. The van der Waals surface area contributed by atoms with Gasteiger partial charge in [-0.1, -0.05) is 31.5 Å². The van der Waals surface area contributed by atoms with E-state index in [2.05, 4.69) is 12.0 Å².